The van der Waals surface area contributed by atoms with Crippen molar-refractivity contribution in [2.45, 2.75) is 0 Å². The number of hydrogen-bond acceptors (Lipinski definition) is 3. The summed E-state index contributed by atoms with van der Waals surface area (Å²) in [5, 5.41) is 2.96. The van der Waals surface area contributed by atoms with Crippen LogP contribution in [0.2, 0.25) is 0 Å². The Balaban J connectivity index is 2.68. The summed E-state index contributed by atoms with van der Waals surface area (Å²) in [6.07, 6.45) is 0. The number of rotatable bonds is 0. The van der Waals surface area contributed by atoms with E-state index >= 15 is 0 Å². The van der Waals surface area contributed by atoms with Crippen molar-refractivity contribution in [3.63, 3.8) is 0 Å². The molecule has 0 amide bonds. The lowest BCUT2D eigenvalue weighted by molar-refractivity contribution is 0.101. The second-order valence-electron chi connectivity index (χ2n) is 2.55. The van der Waals surface area contributed by atoms with E-state index < -0.39 is 0 Å². The Bertz CT molecular complexity index is 320. The minimum Gasteiger partial charge on any atom is -0.398 e. The van der Waals surface area contributed by atoms with Gasteiger partial charge in [-0.15, -0.1) is 0 Å². The first-order valence-electron chi connectivity index (χ1n) is 3.44. The Labute approximate surface area is 64.2 Å². The Morgan fingerprint density at radius 1 is 1.45 bits per heavy atom. The van der Waals surface area contributed by atoms with Crippen molar-refractivity contribution in [2.75, 3.05) is 17.6 Å². The molecule has 3 nitrogen and oxygen atoms in total. The number of hydrogen-bond donors (Lipinski definition) is 2. The molecule has 1 aromatic rings. The summed E-state index contributed by atoms with van der Waals surface area (Å²) in [4.78, 5) is 11.1. The van der Waals surface area contributed by atoms with E-state index in [2.05, 4.69) is 5.32 Å². The molecule has 0 saturated carbocycles. The standard InChI is InChI=1S/C8H8N2O/c9-5-2-1-3-6-8(5)7(11)4-10-6/h1-3,10H,4,9H2. The molecule has 0 bridgehead atoms. The molecule has 0 radical (unpaired) electrons. The zero-order valence-electron chi connectivity index (χ0n) is 5.92. The van der Waals surface area contributed by atoms with Gasteiger partial charge >= 0.3 is 0 Å². The van der Waals surface area contributed by atoms with Gasteiger partial charge in [0.05, 0.1) is 12.1 Å². The summed E-state index contributed by atoms with van der Waals surface area (Å²) in [7, 11) is 0. The molecule has 0 aliphatic carbocycles. The van der Waals surface area contributed by atoms with Crippen LogP contribution in [-0.4, -0.2) is 12.3 Å². The number of nitrogens with one attached hydrogen (secondary N) is 1. The summed E-state index contributed by atoms with van der Waals surface area (Å²) in [5.41, 5.74) is 7.67. The van der Waals surface area contributed by atoms with Gasteiger partial charge in [0.25, 0.3) is 0 Å². The molecule has 2 rings (SSSR count). The predicted octanol–water partition coefficient (Wildman–Crippen LogP) is 0.877. The van der Waals surface area contributed by atoms with Crippen LogP contribution in [0.15, 0.2) is 18.2 Å². The summed E-state index contributed by atoms with van der Waals surface area (Å²) >= 11 is 0. The molecule has 0 saturated heterocycles. The fraction of sp³-hybridized carbons (Fsp3) is 0.125. The molecule has 56 valence electrons. The zero-order chi connectivity index (χ0) is 7.84. The molecule has 11 heavy (non-hydrogen) atoms. The van der Waals surface area contributed by atoms with Crippen LogP contribution in [0, 0.1) is 0 Å². The molecule has 3 heteroatoms. The second kappa shape index (κ2) is 1.99. The first-order chi connectivity index (χ1) is 5.29. The van der Waals surface area contributed by atoms with Crippen LogP contribution < -0.4 is 11.1 Å². The van der Waals surface area contributed by atoms with E-state index in [0.717, 1.165) is 5.69 Å². The summed E-state index contributed by atoms with van der Waals surface area (Å²) in [6.45, 7) is 0.379. The van der Waals surface area contributed by atoms with Crippen LogP contribution in [0.3, 0.4) is 0 Å². The smallest absolute Gasteiger partial charge is 0.186 e. The molecular formula is C8H8N2O. The minimum atomic E-state index is 0.0816. The van der Waals surface area contributed by atoms with Crippen molar-refractivity contribution in [1.29, 1.82) is 0 Å². The van der Waals surface area contributed by atoms with Crippen molar-refractivity contribution in [2.24, 2.45) is 0 Å². The highest BCUT2D eigenvalue weighted by Crippen LogP contribution is 2.26. The molecule has 0 atom stereocenters. The van der Waals surface area contributed by atoms with Crippen molar-refractivity contribution in [3.8, 4) is 0 Å². The quantitative estimate of drug-likeness (QED) is 0.537. The maximum Gasteiger partial charge on any atom is 0.186 e. The highest BCUT2D eigenvalue weighted by Gasteiger charge is 2.20. The predicted molar refractivity (Wildman–Crippen MR) is 43.7 cm³/mol. The van der Waals surface area contributed by atoms with Crippen LogP contribution in [0.4, 0.5) is 11.4 Å². The SMILES string of the molecule is Nc1cccc2c1C(=O)CN2. The molecule has 0 fully saturated rings. The van der Waals surface area contributed by atoms with E-state index in [4.69, 9.17) is 5.73 Å². The number of fused-ring (bicyclic) bond motifs is 1. The van der Waals surface area contributed by atoms with Gasteiger partial charge in [0, 0.05) is 11.4 Å². The molecule has 1 heterocycles. The number of Topliss-reactive ketones (excluding diaryl/α,β-unsaturated/α-hetero) is 1. The summed E-state index contributed by atoms with van der Waals surface area (Å²) in [6, 6.07) is 5.43. The molecule has 0 aromatic heterocycles. The van der Waals surface area contributed by atoms with E-state index in [0.29, 0.717) is 17.8 Å². The van der Waals surface area contributed by atoms with E-state index in [9.17, 15) is 4.79 Å². The van der Waals surface area contributed by atoms with Crippen molar-refractivity contribution in [1.82, 2.24) is 0 Å². The number of anilines is 2. The number of ketones is 1. The van der Waals surface area contributed by atoms with Gasteiger partial charge in [0.15, 0.2) is 5.78 Å². The first kappa shape index (κ1) is 6.22. The van der Waals surface area contributed by atoms with Crippen molar-refractivity contribution >= 4 is 17.2 Å². The van der Waals surface area contributed by atoms with Crippen molar-refractivity contribution in [3.05, 3.63) is 23.8 Å². The lowest BCUT2D eigenvalue weighted by Crippen LogP contribution is -2.02. The van der Waals surface area contributed by atoms with Crippen LogP contribution in [0.25, 0.3) is 0 Å². The van der Waals surface area contributed by atoms with Gasteiger partial charge in [-0.05, 0) is 12.1 Å². The average Bonchev–Trinajstić information content (AvgIpc) is 2.34. The monoisotopic (exact) mass is 148 g/mol. The average molecular weight is 148 g/mol. The number of carbonyl (C=O) groups excluding carboxylic acids is 1. The molecule has 1 aromatic carbocycles. The van der Waals surface area contributed by atoms with E-state index in [-0.39, 0.29) is 5.78 Å². The summed E-state index contributed by atoms with van der Waals surface area (Å²) in [5.74, 6) is 0.0816. The third-order valence-electron chi connectivity index (χ3n) is 1.81. The van der Waals surface area contributed by atoms with Gasteiger partial charge < -0.3 is 11.1 Å². The number of carbonyl (C=O) groups is 1. The van der Waals surface area contributed by atoms with Crippen molar-refractivity contribution < 1.29 is 4.79 Å². The molecule has 1 aliphatic rings. The van der Waals surface area contributed by atoms with Gasteiger partial charge in [-0.1, -0.05) is 6.07 Å². The van der Waals surface area contributed by atoms with Gasteiger partial charge in [0.1, 0.15) is 0 Å². The molecule has 1 aliphatic heterocycles. The number of benzene rings is 1. The maximum atomic E-state index is 11.1. The second-order valence-corrected chi connectivity index (χ2v) is 2.55. The fourth-order valence-corrected chi connectivity index (χ4v) is 1.29. The van der Waals surface area contributed by atoms with E-state index in [1.165, 1.54) is 0 Å². The molecule has 3 N–H and O–H groups in total. The molecule has 0 unspecified atom stereocenters. The maximum absolute atomic E-state index is 11.1. The van der Waals surface area contributed by atoms with E-state index in [1.54, 1.807) is 6.07 Å². The topological polar surface area (TPSA) is 55.1 Å². The van der Waals surface area contributed by atoms with E-state index in [1.807, 2.05) is 12.1 Å². The van der Waals surface area contributed by atoms with Crippen LogP contribution in [0.1, 0.15) is 10.4 Å². The Morgan fingerprint density at radius 3 is 3.00 bits per heavy atom. The largest absolute Gasteiger partial charge is 0.398 e. The number of nitrogens with two attached hydrogens (primary N) is 1. The normalized spacial score (nSPS) is 14.4. The Kier molecular flexibility index (Phi) is 1.12. The minimum absolute atomic E-state index is 0.0816. The molecular weight excluding hydrogens is 140 g/mol. The van der Waals surface area contributed by atoms with Gasteiger partial charge in [-0.2, -0.15) is 0 Å². The zero-order valence-corrected chi connectivity index (χ0v) is 5.92. The van der Waals surface area contributed by atoms with Crippen LogP contribution in [-0.2, 0) is 0 Å². The third-order valence-corrected chi connectivity index (χ3v) is 1.81. The third kappa shape index (κ3) is 0.774. The Morgan fingerprint density at radius 2 is 2.27 bits per heavy atom. The lowest BCUT2D eigenvalue weighted by atomic mass is 10.1. The highest BCUT2D eigenvalue weighted by atomic mass is 16.1. The first-order valence-corrected chi connectivity index (χ1v) is 3.44. The number of nitrogen functional groups attached to an aromatic ring is 1. The van der Waals surface area contributed by atoms with Gasteiger partial charge in [-0.3, -0.25) is 4.79 Å². The Hall–Kier alpha value is -1.51. The summed E-state index contributed by atoms with van der Waals surface area (Å²) < 4.78 is 0. The fourth-order valence-electron chi connectivity index (χ4n) is 1.29. The van der Waals surface area contributed by atoms with Crippen LogP contribution in [0.5, 0.6) is 0 Å². The van der Waals surface area contributed by atoms with Gasteiger partial charge in [0.2, 0.25) is 0 Å². The van der Waals surface area contributed by atoms with Gasteiger partial charge in [-0.25, -0.2) is 0 Å². The lowest BCUT2D eigenvalue weighted by Gasteiger charge is -1.99. The highest BCUT2D eigenvalue weighted by molar-refractivity contribution is 6.11. The van der Waals surface area contributed by atoms with Crippen LogP contribution >= 0.6 is 0 Å². The molecule has 0 spiro atoms.